The minimum atomic E-state index is -0.860. The van der Waals surface area contributed by atoms with Gasteiger partial charge in [0.25, 0.3) is 0 Å². The van der Waals surface area contributed by atoms with E-state index in [9.17, 15) is 5.26 Å². The number of nitrogens with two attached hydrogens (primary N) is 2. The molecule has 11 heteroatoms. The van der Waals surface area contributed by atoms with E-state index >= 15 is 0 Å². The zero-order chi connectivity index (χ0) is 19.0. The van der Waals surface area contributed by atoms with Gasteiger partial charge in [0.2, 0.25) is 5.96 Å². The molecule has 0 saturated carbocycles. The Kier molecular flexibility index (Phi) is 4.66. The molecule has 0 aliphatic carbocycles. The Balaban J connectivity index is 2.35. The number of benzene rings is 1. The van der Waals surface area contributed by atoms with Gasteiger partial charge in [-0.3, -0.25) is 5.32 Å². The second-order valence-electron chi connectivity index (χ2n) is 5.16. The predicted octanol–water partition coefficient (Wildman–Crippen LogP) is 3.02. The fourth-order valence-electron chi connectivity index (χ4n) is 2.58. The van der Waals surface area contributed by atoms with Gasteiger partial charge >= 0.3 is 0 Å². The van der Waals surface area contributed by atoms with Crippen LogP contribution in [0.1, 0.15) is 22.7 Å². The molecule has 1 aromatic heterocycles. The van der Waals surface area contributed by atoms with Crippen molar-refractivity contribution in [1.82, 2.24) is 10.3 Å². The van der Waals surface area contributed by atoms with E-state index < -0.39 is 6.04 Å². The largest absolute Gasteiger partial charge is 0.397 e. The van der Waals surface area contributed by atoms with Crippen molar-refractivity contribution in [2.45, 2.75) is 6.04 Å². The van der Waals surface area contributed by atoms with Gasteiger partial charge in [0.05, 0.1) is 15.7 Å². The normalized spacial score (nSPS) is 15.1. The maximum absolute atomic E-state index is 9.31. The Hall–Kier alpha value is -2.91. The number of rotatable bonds is 1. The summed E-state index contributed by atoms with van der Waals surface area (Å²) in [7, 11) is 0. The van der Waals surface area contributed by atoms with Crippen LogP contribution in [0.2, 0.25) is 15.1 Å². The van der Waals surface area contributed by atoms with Gasteiger partial charge in [-0.25, -0.2) is 9.98 Å². The van der Waals surface area contributed by atoms with Crippen molar-refractivity contribution in [3.8, 4) is 12.3 Å². The quantitative estimate of drug-likeness (QED) is 0.322. The molecule has 0 bridgehead atoms. The third kappa shape index (κ3) is 2.80. The molecule has 26 heavy (non-hydrogen) atoms. The average Bonchev–Trinajstić information content (AvgIpc) is 2.58. The number of pyridine rings is 1. The number of nitrogens with zero attached hydrogens (tertiary/aromatic N) is 4. The van der Waals surface area contributed by atoms with Gasteiger partial charge in [-0.05, 0) is 12.1 Å². The summed E-state index contributed by atoms with van der Waals surface area (Å²) in [5.74, 6) is 0.258. The lowest BCUT2D eigenvalue weighted by molar-refractivity contribution is 0.847. The number of aliphatic imine (C=N–C) groups is 1. The Morgan fingerprint density at radius 3 is 2.46 bits per heavy atom. The van der Waals surface area contributed by atoms with Crippen molar-refractivity contribution in [2.24, 2.45) is 4.99 Å². The van der Waals surface area contributed by atoms with Crippen LogP contribution in [0.15, 0.2) is 17.1 Å². The molecule has 2 heterocycles. The van der Waals surface area contributed by atoms with Crippen LogP contribution < -0.4 is 22.1 Å². The molecule has 8 nitrogen and oxygen atoms in total. The first-order valence-corrected chi connectivity index (χ1v) is 8.14. The molecule has 0 spiro atoms. The van der Waals surface area contributed by atoms with Crippen molar-refractivity contribution in [2.75, 3.05) is 16.8 Å². The monoisotopic (exact) mass is 406 g/mol. The molecule has 1 aliphatic rings. The third-order valence-electron chi connectivity index (χ3n) is 3.71. The Bertz CT molecular complexity index is 1030. The van der Waals surface area contributed by atoms with Crippen molar-refractivity contribution in [1.29, 1.82) is 10.5 Å². The number of aromatic nitrogens is 1. The molecule has 0 amide bonds. The van der Waals surface area contributed by atoms with Crippen LogP contribution in [-0.2, 0) is 0 Å². The summed E-state index contributed by atoms with van der Waals surface area (Å²) in [5.41, 5.74) is 12.7. The number of nitrogen functional groups attached to an aromatic ring is 2. The number of hydrogen-bond donors (Lipinski definition) is 4. The summed E-state index contributed by atoms with van der Waals surface area (Å²) in [6.07, 6.45) is 1.75. The van der Waals surface area contributed by atoms with E-state index in [1.165, 1.54) is 0 Å². The van der Waals surface area contributed by atoms with Gasteiger partial charge in [0.1, 0.15) is 29.3 Å². The van der Waals surface area contributed by atoms with Crippen LogP contribution in [0.5, 0.6) is 0 Å². The molecule has 130 valence electrons. The van der Waals surface area contributed by atoms with E-state index in [-0.39, 0.29) is 43.9 Å². The smallest absolute Gasteiger partial charge is 0.211 e. The van der Waals surface area contributed by atoms with Gasteiger partial charge in [0, 0.05) is 16.1 Å². The van der Waals surface area contributed by atoms with Crippen LogP contribution in [0, 0.1) is 22.8 Å². The first kappa shape index (κ1) is 17.9. The highest BCUT2D eigenvalue weighted by Gasteiger charge is 2.32. The average molecular weight is 408 g/mol. The van der Waals surface area contributed by atoms with Crippen LogP contribution in [0.25, 0.3) is 0 Å². The Morgan fingerprint density at radius 1 is 1.12 bits per heavy atom. The van der Waals surface area contributed by atoms with E-state index in [0.29, 0.717) is 11.1 Å². The summed E-state index contributed by atoms with van der Waals surface area (Å²) >= 11 is 18.8. The van der Waals surface area contributed by atoms with Crippen LogP contribution in [-0.4, -0.2) is 10.9 Å². The number of hydrogen-bond acceptors (Lipinski definition) is 8. The fraction of sp³-hybridized carbons (Fsp3) is 0.0667. The van der Waals surface area contributed by atoms with Crippen LogP contribution in [0.4, 0.5) is 17.3 Å². The van der Waals surface area contributed by atoms with Gasteiger partial charge in [-0.15, -0.1) is 0 Å². The number of fused-ring (bicyclic) bond motifs is 1. The molecule has 3 rings (SSSR count). The SMILES string of the molecule is N#CNC1=NC(c2c(Cl)ccc(Cl)c2Cl)c2c(nc(N)c(C#N)c2N)N1. The van der Waals surface area contributed by atoms with Crippen molar-refractivity contribution >= 4 is 58.1 Å². The highest BCUT2D eigenvalue weighted by atomic mass is 35.5. The van der Waals surface area contributed by atoms with Gasteiger partial charge < -0.3 is 16.8 Å². The molecular formula is C15H9Cl3N8. The van der Waals surface area contributed by atoms with Gasteiger partial charge in [-0.1, -0.05) is 34.8 Å². The van der Waals surface area contributed by atoms with E-state index in [4.69, 9.17) is 51.5 Å². The molecule has 6 N–H and O–H groups in total. The number of anilines is 3. The van der Waals surface area contributed by atoms with Crippen molar-refractivity contribution in [3.05, 3.63) is 43.9 Å². The van der Waals surface area contributed by atoms with Crippen molar-refractivity contribution < 1.29 is 0 Å². The molecule has 0 fully saturated rings. The fourth-order valence-corrected chi connectivity index (χ4v) is 3.33. The van der Waals surface area contributed by atoms with E-state index in [0.717, 1.165) is 0 Å². The lowest BCUT2D eigenvalue weighted by Gasteiger charge is -2.27. The van der Waals surface area contributed by atoms with Crippen molar-refractivity contribution in [3.63, 3.8) is 0 Å². The number of nitrogens with one attached hydrogen (secondary N) is 2. The minimum Gasteiger partial charge on any atom is -0.397 e. The summed E-state index contributed by atoms with van der Waals surface area (Å²) in [5, 5.41) is 24.1. The summed E-state index contributed by atoms with van der Waals surface area (Å²) in [6, 6.07) is 4.16. The maximum Gasteiger partial charge on any atom is 0.211 e. The maximum atomic E-state index is 9.31. The molecule has 2 aromatic rings. The van der Waals surface area contributed by atoms with Gasteiger partial charge in [0.15, 0.2) is 6.19 Å². The Morgan fingerprint density at radius 2 is 1.81 bits per heavy atom. The predicted molar refractivity (Wildman–Crippen MR) is 101 cm³/mol. The molecule has 1 aliphatic heterocycles. The highest BCUT2D eigenvalue weighted by molar-refractivity contribution is 6.44. The summed E-state index contributed by atoms with van der Waals surface area (Å²) in [4.78, 5) is 8.54. The molecular weight excluding hydrogens is 399 g/mol. The first-order chi connectivity index (χ1) is 12.4. The van der Waals surface area contributed by atoms with E-state index in [1.54, 1.807) is 18.3 Å². The van der Waals surface area contributed by atoms with Crippen LogP contribution >= 0.6 is 34.8 Å². The molecule has 0 radical (unpaired) electrons. The van der Waals surface area contributed by atoms with Crippen LogP contribution in [0.3, 0.4) is 0 Å². The third-order valence-corrected chi connectivity index (χ3v) is 4.86. The second-order valence-corrected chi connectivity index (χ2v) is 6.35. The zero-order valence-corrected chi connectivity index (χ0v) is 15.1. The van der Waals surface area contributed by atoms with E-state index in [1.807, 2.05) is 6.07 Å². The number of nitriles is 2. The standard InChI is InChI=1S/C15H9Cl3N8/c16-6-1-2-7(17)10(18)8(6)12-9-11(21)5(3-19)13(22)25-14(9)26-15(24-12)23-4-20/h1-2,12H,(H6,21,22,23,24,25,26). The summed E-state index contributed by atoms with van der Waals surface area (Å²) in [6.45, 7) is 0. The molecule has 1 atom stereocenters. The Labute approximate surface area is 163 Å². The summed E-state index contributed by atoms with van der Waals surface area (Å²) < 4.78 is 0. The lowest BCUT2D eigenvalue weighted by atomic mass is 9.95. The minimum absolute atomic E-state index is 0.0108. The number of halogens is 3. The highest BCUT2D eigenvalue weighted by Crippen LogP contribution is 2.46. The number of guanidine groups is 1. The molecule has 1 unspecified atom stereocenters. The molecule has 0 saturated heterocycles. The van der Waals surface area contributed by atoms with Gasteiger partial charge in [-0.2, -0.15) is 10.5 Å². The molecule has 1 aromatic carbocycles. The second kappa shape index (κ2) is 6.77. The zero-order valence-electron chi connectivity index (χ0n) is 12.8. The topological polar surface area (TPSA) is 149 Å². The van der Waals surface area contributed by atoms with E-state index in [2.05, 4.69) is 20.6 Å². The lowest BCUT2D eigenvalue weighted by Crippen LogP contribution is -2.33. The first-order valence-electron chi connectivity index (χ1n) is 7.01.